The van der Waals surface area contributed by atoms with Crippen molar-refractivity contribution in [2.24, 2.45) is 0 Å². The average molecular weight is 1110 g/mol. The molecule has 10 heterocycles. The van der Waals surface area contributed by atoms with Crippen molar-refractivity contribution in [3.63, 3.8) is 0 Å². The highest BCUT2D eigenvalue weighted by atomic mass is 32.1. The van der Waals surface area contributed by atoms with Gasteiger partial charge in [-0.1, -0.05) is 140 Å². The standard InChI is InChI=1S/C39H23N5S.C33H19N5S/c1-3-12-24(13-4-1)37-41-35-27-17-8-10-20-32(27)45-36(35)39(42-37)44-31-22-21-30-33(34(31)28-18-11-23-40-38(28)44)26-16-7-9-19-29(26)43(30)25-14-5-2-6-15-25;1-2-9-20(10-3-1)37-24-14-6-4-11-21(24)28-25(37)16-17-26-29(28)23-13-8-18-34-32(23)38(26)33-31-30(35-19-36-33)22-12-5-7-15-27(22)39-31/h1-23H;1-19H. The summed E-state index contributed by atoms with van der Waals surface area (Å²) >= 11 is 3.47. The van der Waals surface area contributed by atoms with E-state index in [-0.39, 0.29) is 0 Å². The lowest BCUT2D eigenvalue weighted by atomic mass is 10.1. The number of pyridine rings is 2. The summed E-state index contributed by atoms with van der Waals surface area (Å²) in [5, 5.41) is 11.8. The van der Waals surface area contributed by atoms with Gasteiger partial charge >= 0.3 is 0 Å². The van der Waals surface area contributed by atoms with Gasteiger partial charge in [0, 0.05) is 92.6 Å². The lowest BCUT2D eigenvalue weighted by Crippen LogP contribution is -2.02. The summed E-state index contributed by atoms with van der Waals surface area (Å²) in [7, 11) is 0. The predicted molar refractivity (Wildman–Crippen MR) is 348 cm³/mol. The second-order valence-electron chi connectivity index (χ2n) is 21.0. The highest BCUT2D eigenvalue weighted by Crippen LogP contribution is 2.46. The first-order chi connectivity index (χ1) is 41.7. The van der Waals surface area contributed by atoms with Gasteiger partial charge in [0.1, 0.15) is 17.6 Å². The maximum atomic E-state index is 5.32. The first-order valence-electron chi connectivity index (χ1n) is 27.8. The summed E-state index contributed by atoms with van der Waals surface area (Å²) in [4.78, 5) is 29.9. The monoisotopic (exact) mass is 1110 g/mol. The maximum Gasteiger partial charge on any atom is 0.162 e. The lowest BCUT2D eigenvalue weighted by Gasteiger charge is -2.10. The molecule has 0 spiro atoms. The molecule has 0 bridgehead atoms. The van der Waals surface area contributed by atoms with Crippen LogP contribution in [0.4, 0.5) is 0 Å². The van der Waals surface area contributed by atoms with Crippen LogP contribution < -0.4 is 0 Å². The number of hydrogen-bond donors (Lipinski definition) is 0. The van der Waals surface area contributed by atoms with Gasteiger partial charge in [-0.3, -0.25) is 9.13 Å². The maximum absolute atomic E-state index is 5.32. The number of para-hydroxylation sites is 4. The van der Waals surface area contributed by atoms with Crippen LogP contribution >= 0.6 is 22.7 Å². The minimum Gasteiger partial charge on any atom is -0.309 e. The van der Waals surface area contributed by atoms with Crippen LogP contribution in [0.5, 0.6) is 0 Å². The van der Waals surface area contributed by atoms with Crippen molar-refractivity contribution in [2.75, 3.05) is 0 Å². The summed E-state index contributed by atoms with van der Waals surface area (Å²) in [6, 6.07) is 83.1. The largest absolute Gasteiger partial charge is 0.309 e. The molecule has 0 N–H and O–H groups in total. The van der Waals surface area contributed by atoms with E-state index in [1.807, 2.05) is 42.7 Å². The average Bonchev–Trinajstić information content (AvgIpc) is 2.39. The van der Waals surface area contributed by atoms with Crippen molar-refractivity contribution >= 4 is 151 Å². The molecule has 0 aliphatic carbocycles. The molecule has 0 aliphatic rings. The fourth-order valence-corrected chi connectivity index (χ4v) is 15.3. The fourth-order valence-electron chi connectivity index (χ4n) is 13.0. The van der Waals surface area contributed by atoms with Crippen LogP contribution in [0.2, 0.25) is 0 Å². The van der Waals surface area contributed by atoms with E-state index in [1.54, 1.807) is 29.0 Å². The highest BCUT2D eigenvalue weighted by molar-refractivity contribution is 7.26. The van der Waals surface area contributed by atoms with Crippen molar-refractivity contribution in [3.8, 4) is 34.4 Å². The Hall–Kier alpha value is -10.9. The molecular weight excluding hydrogens is 1070 g/mol. The minimum absolute atomic E-state index is 0.703. The predicted octanol–water partition coefficient (Wildman–Crippen LogP) is 18.5. The lowest BCUT2D eigenvalue weighted by molar-refractivity contribution is 1.06. The molecule has 19 aromatic rings. The number of rotatable bonds is 5. The number of hydrogen-bond acceptors (Lipinski definition) is 8. The normalized spacial score (nSPS) is 12.0. The van der Waals surface area contributed by atoms with Crippen LogP contribution in [0.15, 0.2) is 255 Å². The summed E-state index contributed by atoms with van der Waals surface area (Å²) in [6.45, 7) is 0. The third-order valence-corrected chi connectivity index (χ3v) is 18.8. The number of aromatic nitrogens is 10. The molecule has 392 valence electrons. The van der Waals surface area contributed by atoms with E-state index >= 15 is 0 Å². The summed E-state index contributed by atoms with van der Waals surface area (Å²) in [5.74, 6) is 2.42. The van der Waals surface area contributed by atoms with Crippen LogP contribution in [-0.4, -0.2) is 48.2 Å². The molecule has 10 nitrogen and oxygen atoms in total. The molecule has 84 heavy (non-hydrogen) atoms. The number of nitrogens with zero attached hydrogens (tertiary/aromatic N) is 10. The smallest absolute Gasteiger partial charge is 0.162 e. The van der Waals surface area contributed by atoms with Crippen LogP contribution in [0, 0.1) is 0 Å². The van der Waals surface area contributed by atoms with Gasteiger partial charge in [-0.15, -0.1) is 22.7 Å². The Morgan fingerprint density at radius 3 is 1.25 bits per heavy atom. The SMILES string of the molecule is c1ccc(-c2nc(-n3c4ccc5c(c6ccccc6n5-c5ccccc5)c4c4cccnc43)c3sc4ccccc4c3n2)cc1.c1ccc(-n2c3ccccc3c3c4c5cccnc5n(-c5ncnc6c5sc5ccccc56)c4ccc32)cc1. The third kappa shape index (κ3) is 6.77. The van der Waals surface area contributed by atoms with Gasteiger partial charge in [0.05, 0.1) is 53.5 Å². The van der Waals surface area contributed by atoms with Gasteiger partial charge in [0.25, 0.3) is 0 Å². The van der Waals surface area contributed by atoms with Gasteiger partial charge in [0.15, 0.2) is 17.5 Å². The van der Waals surface area contributed by atoms with Crippen LogP contribution in [0.1, 0.15) is 0 Å². The molecule has 12 heteroatoms. The molecular formula is C72H42N10S2. The van der Waals surface area contributed by atoms with Gasteiger partial charge in [0.2, 0.25) is 0 Å². The van der Waals surface area contributed by atoms with E-state index in [2.05, 4.69) is 225 Å². The van der Waals surface area contributed by atoms with Crippen molar-refractivity contribution in [2.45, 2.75) is 0 Å². The Morgan fingerprint density at radius 1 is 0.286 bits per heavy atom. The molecule has 0 radical (unpaired) electrons. The minimum atomic E-state index is 0.703. The van der Waals surface area contributed by atoms with Crippen LogP contribution in [0.25, 0.3) is 162 Å². The Morgan fingerprint density at radius 2 is 0.702 bits per heavy atom. The van der Waals surface area contributed by atoms with Crippen molar-refractivity contribution in [1.29, 1.82) is 0 Å². The fraction of sp³-hybridized carbons (Fsp3) is 0. The molecule has 0 aliphatic heterocycles. The van der Waals surface area contributed by atoms with Gasteiger partial charge in [-0.25, -0.2) is 29.9 Å². The van der Waals surface area contributed by atoms with Gasteiger partial charge in [-0.2, -0.15) is 0 Å². The Kier molecular flexibility index (Phi) is 10.2. The third-order valence-electron chi connectivity index (χ3n) is 16.5. The number of benzene rings is 9. The van der Waals surface area contributed by atoms with E-state index in [4.69, 9.17) is 29.9 Å². The van der Waals surface area contributed by atoms with Crippen LogP contribution in [0.3, 0.4) is 0 Å². The Balaban J connectivity index is 0.000000129. The molecule has 0 saturated carbocycles. The Bertz CT molecular complexity index is 5870. The zero-order valence-corrected chi connectivity index (χ0v) is 46.2. The van der Waals surface area contributed by atoms with Crippen molar-refractivity contribution in [1.82, 2.24) is 48.2 Å². The van der Waals surface area contributed by atoms with E-state index in [0.717, 1.165) is 98.4 Å². The van der Waals surface area contributed by atoms with Crippen molar-refractivity contribution in [3.05, 3.63) is 255 Å². The zero-order valence-electron chi connectivity index (χ0n) is 44.5. The van der Waals surface area contributed by atoms with Crippen LogP contribution in [-0.2, 0) is 0 Å². The molecule has 9 aromatic carbocycles. The molecule has 0 amide bonds. The summed E-state index contributed by atoms with van der Waals surface area (Å²) in [5.41, 5.74) is 13.9. The molecule has 0 fully saturated rings. The Labute approximate surface area is 485 Å². The topological polar surface area (TPSA) is 97.1 Å². The highest BCUT2D eigenvalue weighted by Gasteiger charge is 2.26. The van der Waals surface area contributed by atoms with Gasteiger partial charge < -0.3 is 9.13 Å². The van der Waals surface area contributed by atoms with Gasteiger partial charge in [-0.05, 0) is 97.1 Å². The summed E-state index contributed by atoms with van der Waals surface area (Å²) < 4.78 is 13.7. The first kappa shape index (κ1) is 46.8. The quantitative estimate of drug-likeness (QED) is 0.170. The first-order valence-corrected chi connectivity index (χ1v) is 29.5. The molecule has 0 saturated heterocycles. The summed E-state index contributed by atoms with van der Waals surface area (Å²) in [6.07, 6.45) is 5.42. The zero-order chi connectivity index (χ0) is 55.0. The van der Waals surface area contributed by atoms with E-state index in [0.29, 0.717) is 5.82 Å². The molecule has 10 aromatic heterocycles. The second kappa shape index (κ2) is 18.3. The second-order valence-corrected chi connectivity index (χ2v) is 23.1. The van der Waals surface area contributed by atoms with Crippen molar-refractivity contribution < 1.29 is 0 Å². The molecule has 0 unspecified atom stereocenters. The van der Waals surface area contributed by atoms with E-state index in [1.165, 1.54) is 58.3 Å². The number of fused-ring (bicyclic) bond motifs is 20. The number of thiophene rings is 2. The molecule has 0 atom stereocenters. The van der Waals surface area contributed by atoms with E-state index < -0.39 is 0 Å². The van der Waals surface area contributed by atoms with E-state index in [9.17, 15) is 0 Å². The molecule has 19 rings (SSSR count).